The Balaban J connectivity index is 1.59. The molecule has 6 heteroatoms. The molecular weight excluding hydrogens is 349 g/mol. The maximum absolute atomic E-state index is 13.4. The number of piperidine rings is 1. The maximum Gasteiger partial charge on any atom is 0.255 e. The SMILES string of the molecule is CCSc1ccc(C(=O)N(C)C2CCN(c3cccc(F)c3)CC2)cn1. The molecule has 1 aromatic carbocycles. The summed E-state index contributed by atoms with van der Waals surface area (Å²) in [5.74, 6) is 0.758. The molecule has 1 aliphatic heterocycles. The quantitative estimate of drug-likeness (QED) is 0.740. The van der Waals surface area contributed by atoms with Gasteiger partial charge >= 0.3 is 0 Å². The Bertz CT molecular complexity index is 745. The van der Waals surface area contributed by atoms with Crippen LogP contribution in [-0.2, 0) is 0 Å². The number of pyridine rings is 1. The lowest BCUT2D eigenvalue weighted by Gasteiger charge is -2.37. The van der Waals surface area contributed by atoms with Gasteiger partial charge in [0, 0.05) is 38.1 Å². The van der Waals surface area contributed by atoms with Gasteiger partial charge in [0.25, 0.3) is 5.91 Å². The minimum absolute atomic E-state index is 0.00903. The number of anilines is 1. The molecule has 1 aromatic heterocycles. The first-order chi connectivity index (χ1) is 12.6. The standard InChI is InChI=1S/C20H24FN3OS/c1-3-26-19-8-7-15(14-22-19)20(25)23(2)17-9-11-24(12-10-17)18-6-4-5-16(21)13-18/h4-8,13-14,17H,3,9-12H2,1-2H3. The number of carbonyl (C=O) groups is 1. The highest BCUT2D eigenvalue weighted by atomic mass is 32.2. The second-order valence-electron chi connectivity index (χ2n) is 6.43. The van der Waals surface area contributed by atoms with Crippen LogP contribution in [0.4, 0.5) is 10.1 Å². The topological polar surface area (TPSA) is 36.4 Å². The highest BCUT2D eigenvalue weighted by molar-refractivity contribution is 7.99. The average Bonchev–Trinajstić information content (AvgIpc) is 2.68. The number of benzene rings is 1. The summed E-state index contributed by atoms with van der Waals surface area (Å²) >= 11 is 1.66. The molecule has 1 fully saturated rings. The highest BCUT2D eigenvalue weighted by Gasteiger charge is 2.26. The van der Waals surface area contributed by atoms with Gasteiger partial charge in [-0.05, 0) is 48.9 Å². The summed E-state index contributed by atoms with van der Waals surface area (Å²) in [7, 11) is 1.86. The van der Waals surface area contributed by atoms with Gasteiger partial charge in [-0.15, -0.1) is 11.8 Å². The van der Waals surface area contributed by atoms with E-state index < -0.39 is 0 Å². The van der Waals surface area contributed by atoms with E-state index in [0.29, 0.717) is 5.56 Å². The number of amides is 1. The molecule has 4 nitrogen and oxygen atoms in total. The number of hydrogen-bond donors (Lipinski definition) is 0. The molecule has 0 saturated carbocycles. The lowest BCUT2D eigenvalue weighted by Crippen LogP contribution is -2.45. The van der Waals surface area contributed by atoms with Gasteiger partial charge in [0.1, 0.15) is 5.82 Å². The number of carbonyl (C=O) groups excluding carboxylic acids is 1. The van der Waals surface area contributed by atoms with Gasteiger partial charge in [-0.3, -0.25) is 4.79 Å². The van der Waals surface area contributed by atoms with Crippen LogP contribution in [0.5, 0.6) is 0 Å². The zero-order chi connectivity index (χ0) is 18.5. The molecule has 2 aromatic rings. The number of nitrogens with zero attached hydrogens (tertiary/aromatic N) is 3. The highest BCUT2D eigenvalue weighted by Crippen LogP contribution is 2.24. The summed E-state index contributed by atoms with van der Waals surface area (Å²) in [6.45, 7) is 3.71. The average molecular weight is 373 g/mol. The first kappa shape index (κ1) is 18.7. The van der Waals surface area contributed by atoms with Gasteiger partial charge in [-0.25, -0.2) is 9.37 Å². The van der Waals surface area contributed by atoms with E-state index in [1.165, 1.54) is 6.07 Å². The third-order valence-electron chi connectivity index (χ3n) is 4.78. The molecule has 0 atom stereocenters. The van der Waals surface area contributed by atoms with Crippen molar-refractivity contribution in [2.75, 3.05) is 30.8 Å². The van der Waals surface area contributed by atoms with E-state index in [2.05, 4.69) is 16.8 Å². The molecule has 0 radical (unpaired) electrons. The lowest BCUT2D eigenvalue weighted by atomic mass is 10.0. The van der Waals surface area contributed by atoms with Crippen molar-refractivity contribution < 1.29 is 9.18 Å². The van der Waals surface area contributed by atoms with E-state index in [-0.39, 0.29) is 17.8 Å². The molecule has 3 rings (SSSR count). The van der Waals surface area contributed by atoms with Gasteiger partial charge in [-0.2, -0.15) is 0 Å². The Morgan fingerprint density at radius 3 is 2.69 bits per heavy atom. The van der Waals surface area contributed by atoms with E-state index in [9.17, 15) is 9.18 Å². The Labute approximate surface area is 158 Å². The Morgan fingerprint density at radius 1 is 1.31 bits per heavy atom. The minimum atomic E-state index is -0.214. The number of aromatic nitrogens is 1. The number of hydrogen-bond acceptors (Lipinski definition) is 4. The van der Waals surface area contributed by atoms with Gasteiger partial charge in [0.05, 0.1) is 10.6 Å². The molecule has 0 spiro atoms. The summed E-state index contributed by atoms with van der Waals surface area (Å²) in [4.78, 5) is 21.1. The molecule has 26 heavy (non-hydrogen) atoms. The largest absolute Gasteiger partial charge is 0.371 e. The zero-order valence-electron chi connectivity index (χ0n) is 15.2. The van der Waals surface area contributed by atoms with Crippen molar-refractivity contribution in [3.05, 3.63) is 54.0 Å². The summed E-state index contributed by atoms with van der Waals surface area (Å²) in [6, 6.07) is 10.6. The van der Waals surface area contributed by atoms with Gasteiger partial charge in [-0.1, -0.05) is 13.0 Å². The molecule has 1 amide bonds. The number of thioether (sulfide) groups is 1. The molecule has 138 valence electrons. The molecule has 0 N–H and O–H groups in total. The van der Waals surface area contributed by atoms with E-state index in [1.807, 2.05) is 30.1 Å². The Kier molecular flexibility index (Phi) is 6.14. The van der Waals surface area contributed by atoms with Crippen LogP contribution in [0.15, 0.2) is 47.6 Å². The number of halogens is 1. The van der Waals surface area contributed by atoms with Crippen molar-refractivity contribution >= 4 is 23.4 Å². The minimum Gasteiger partial charge on any atom is -0.371 e. The van der Waals surface area contributed by atoms with Crippen LogP contribution in [0.3, 0.4) is 0 Å². The molecule has 1 aliphatic rings. The third kappa shape index (κ3) is 4.36. The normalized spacial score (nSPS) is 15.1. The van der Waals surface area contributed by atoms with Crippen molar-refractivity contribution in [3.8, 4) is 0 Å². The van der Waals surface area contributed by atoms with E-state index in [4.69, 9.17) is 0 Å². The maximum atomic E-state index is 13.4. The van der Waals surface area contributed by atoms with Crippen LogP contribution >= 0.6 is 11.8 Å². The van der Waals surface area contributed by atoms with E-state index in [0.717, 1.165) is 42.4 Å². The second kappa shape index (κ2) is 8.54. The summed E-state index contributed by atoms with van der Waals surface area (Å²) in [5.41, 5.74) is 1.53. The van der Waals surface area contributed by atoms with Crippen molar-refractivity contribution in [3.63, 3.8) is 0 Å². The van der Waals surface area contributed by atoms with Crippen LogP contribution in [-0.4, -0.2) is 47.7 Å². The van der Waals surface area contributed by atoms with Crippen molar-refractivity contribution in [2.45, 2.75) is 30.8 Å². The molecule has 0 unspecified atom stereocenters. The Hall–Kier alpha value is -2.08. The van der Waals surface area contributed by atoms with Crippen molar-refractivity contribution in [1.29, 1.82) is 0 Å². The first-order valence-electron chi connectivity index (χ1n) is 8.95. The summed E-state index contributed by atoms with van der Waals surface area (Å²) in [6.07, 6.45) is 3.41. The fourth-order valence-corrected chi connectivity index (χ4v) is 3.88. The van der Waals surface area contributed by atoms with Crippen LogP contribution in [0, 0.1) is 5.82 Å². The van der Waals surface area contributed by atoms with Crippen molar-refractivity contribution in [1.82, 2.24) is 9.88 Å². The third-order valence-corrected chi connectivity index (χ3v) is 5.61. The van der Waals surface area contributed by atoms with Crippen LogP contribution in [0.2, 0.25) is 0 Å². The molecular formula is C20H24FN3OS. The summed E-state index contributed by atoms with van der Waals surface area (Å²) < 4.78 is 13.4. The molecule has 0 aliphatic carbocycles. The van der Waals surface area contributed by atoms with Gasteiger partial charge in [0.2, 0.25) is 0 Å². The van der Waals surface area contributed by atoms with Gasteiger partial charge in [0.15, 0.2) is 0 Å². The van der Waals surface area contributed by atoms with E-state index >= 15 is 0 Å². The number of rotatable bonds is 5. The predicted octanol–water partition coefficient (Wildman–Crippen LogP) is 4.07. The van der Waals surface area contributed by atoms with Crippen molar-refractivity contribution in [2.24, 2.45) is 0 Å². The summed E-state index contributed by atoms with van der Waals surface area (Å²) in [5, 5.41) is 0.940. The smallest absolute Gasteiger partial charge is 0.255 e. The molecule has 0 bridgehead atoms. The van der Waals surface area contributed by atoms with E-state index in [1.54, 1.807) is 30.1 Å². The fourth-order valence-electron chi connectivity index (χ4n) is 3.29. The monoisotopic (exact) mass is 373 g/mol. The van der Waals surface area contributed by atoms with Crippen LogP contribution in [0.1, 0.15) is 30.1 Å². The molecule has 2 heterocycles. The Morgan fingerprint density at radius 2 is 2.08 bits per heavy atom. The second-order valence-corrected chi connectivity index (χ2v) is 7.72. The zero-order valence-corrected chi connectivity index (χ0v) is 16.0. The van der Waals surface area contributed by atoms with Gasteiger partial charge < -0.3 is 9.80 Å². The van der Waals surface area contributed by atoms with Crippen LogP contribution < -0.4 is 4.90 Å². The first-order valence-corrected chi connectivity index (χ1v) is 9.93. The lowest BCUT2D eigenvalue weighted by molar-refractivity contribution is 0.0708. The predicted molar refractivity (Wildman–Crippen MR) is 104 cm³/mol. The molecule has 1 saturated heterocycles. The fraction of sp³-hybridized carbons (Fsp3) is 0.400. The van der Waals surface area contributed by atoms with Crippen LogP contribution in [0.25, 0.3) is 0 Å².